The van der Waals surface area contributed by atoms with E-state index < -0.39 is 11.6 Å². The van der Waals surface area contributed by atoms with Crippen molar-refractivity contribution in [3.05, 3.63) is 60.3 Å². The molecule has 0 aliphatic heterocycles. The number of hydrogen-bond donors (Lipinski definition) is 0. The molecule has 0 N–H and O–H groups in total. The van der Waals surface area contributed by atoms with Gasteiger partial charge in [0.2, 0.25) is 0 Å². The van der Waals surface area contributed by atoms with Crippen LogP contribution in [-0.2, 0) is 0 Å². The molecule has 0 aliphatic carbocycles. The van der Waals surface area contributed by atoms with E-state index in [9.17, 15) is 8.78 Å². The van der Waals surface area contributed by atoms with E-state index in [4.69, 9.17) is 9.47 Å². The van der Waals surface area contributed by atoms with E-state index in [1.165, 1.54) is 19.2 Å². The molecule has 0 atom stereocenters. The van der Waals surface area contributed by atoms with Crippen LogP contribution in [0.2, 0.25) is 0 Å². The lowest BCUT2D eigenvalue weighted by Gasteiger charge is -2.12. The van der Waals surface area contributed by atoms with Crippen LogP contribution in [0.1, 0.15) is 0 Å². The van der Waals surface area contributed by atoms with Gasteiger partial charge in [-0.1, -0.05) is 0 Å². The summed E-state index contributed by atoms with van der Waals surface area (Å²) in [5, 5.41) is 4.23. The Morgan fingerprint density at radius 1 is 0.870 bits per heavy atom. The fourth-order valence-corrected chi connectivity index (χ4v) is 2.39. The monoisotopic (exact) mass is 316 g/mol. The summed E-state index contributed by atoms with van der Waals surface area (Å²) in [6, 6.07) is 10.3. The molecular weight excluding hydrogens is 302 g/mol. The highest BCUT2D eigenvalue weighted by Gasteiger charge is 2.12. The van der Waals surface area contributed by atoms with Crippen LogP contribution in [0, 0.1) is 11.6 Å². The highest BCUT2D eigenvalue weighted by atomic mass is 19.1. The largest absolute Gasteiger partial charge is 0.493 e. The lowest BCUT2D eigenvalue weighted by Crippen LogP contribution is -2.01. The summed E-state index contributed by atoms with van der Waals surface area (Å²) >= 11 is 0. The number of benzene rings is 2. The molecule has 3 aromatic rings. The minimum atomic E-state index is -0.639. The van der Waals surface area contributed by atoms with E-state index >= 15 is 0 Å². The molecule has 4 nitrogen and oxygen atoms in total. The van der Waals surface area contributed by atoms with Crippen LogP contribution in [0.15, 0.2) is 48.7 Å². The van der Waals surface area contributed by atoms with Gasteiger partial charge in [0.1, 0.15) is 11.6 Å². The summed E-state index contributed by atoms with van der Waals surface area (Å²) in [6.45, 7) is 0. The second-order valence-electron chi connectivity index (χ2n) is 4.83. The van der Waals surface area contributed by atoms with Gasteiger partial charge in [0.15, 0.2) is 11.5 Å². The number of ether oxygens (including phenoxy) is 2. The maximum atomic E-state index is 13.5. The van der Waals surface area contributed by atoms with Crippen molar-refractivity contribution in [3.63, 3.8) is 0 Å². The van der Waals surface area contributed by atoms with E-state index in [0.717, 1.165) is 6.07 Å². The molecule has 0 saturated carbocycles. The van der Waals surface area contributed by atoms with Crippen molar-refractivity contribution in [1.82, 2.24) is 9.78 Å². The molecular formula is C17H14F2N2O2. The average molecular weight is 316 g/mol. The maximum absolute atomic E-state index is 13.5. The predicted molar refractivity (Wildman–Crippen MR) is 82.0 cm³/mol. The summed E-state index contributed by atoms with van der Waals surface area (Å²) in [5.74, 6) is -0.154. The Morgan fingerprint density at radius 2 is 1.57 bits per heavy atom. The Hall–Kier alpha value is -2.89. The fraction of sp³-hybridized carbons (Fsp3) is 0.118. The Balaban J connectivity index is 2.11. The minimum Gasteiger partial charge on any atom is -0.493 e. The van der Waals surface area contributed by atoms with Gasteiger partial charge in [0.05, 0.1) is 31.8 Å². The Bertz CT molecular complexity index is 826. The number of aromatic nitrogens is 2. The van der Waals surface area contributed by atoms with Crippen molar-refractivity contribution < 1.29 is 18.3 Å². The number of methoxy groups -OCH3 is 2. The average Bonchev–Trinajstić information content (AvgIpc) is 3.03. The van der Waals surface area contributed by atoms with Gasteiger partial charge in [-0.05, 0) is 30.3 Å². The highest BCUT2D eigenvalue weighted by Crippen LogP contribution is 2.31. The maximum Gasteiger partial charge on any atom is 0.162 e. The quantitative estimate of drug-likeness (QED) is 0.734. The molecule has 118 valence electrons. The van der Waals surface area contributed by atoms with Crippen molar-refractivity contribution >= 4 is 0 Å². The third kappa shape index (κ3) is 2.88. The number of halogens is 2. The first-order chi connectivity index (χ1) is 11.1. The van der Waals surface area contributed by atoms with Crippen molar-refractivity contribution in [3.8, 4) is 28.4 Å². The molecule has 0 aliphatic rings. The molecule has 2 aromatic carbocycles. The van der Waals surface area contributed by atoms with Gasteiger partial charge in [0, 0.05) is 17.7 Å². The van der Waals surface area contributed by atoms with Gasteiger partial charge in [-0.3, -0.25) is 0 Å². The molecule has 0 spiro atoms. The number of rotatable bonds is 4. The first-order valence-corrected chi connectivity index (χ1v) is 6.85. The summed E-state index contributed by atoms with van der Waals surface area (Å²) in [7, 11) is 3.08. The molecule has 23 heavy (non-hydrogen) atoms. The topological polar surface area (TPSA) is 36.3 Å². The normalized spacial score (nSPS) is 10.6. The van der Waals surface area contributed by atoms with Crippen molar-refractivity contribution in [2.45, 2.75) is 0 Å². The Morgan fingerprint density at radius 3 is 2.22 bits per heavy atom. The Kier molecular flexibility index (Phi) is 3.97. The zero-order valence-corrected chi connectivity index (χ0v) is 12.6. The Labute approximate surface area is 131 Å². The zero-order chi connectivity index (χ0) is 16.4. The van der Waals surface area contributed by atoms with E-state index in [1.807, 2.05) is 0 Å². The molecule has 6 heteroatoms. The van der Waals surface area contributed by atoms with Crippen LogP contribution in [0.5, 0.6) is 11.5 Å². The standard InChI is InChI=1S/C17H14F2N2O2/c1-22-16-4-3-14(10-17(16)23-2)21-15(5-6-20-21)11-7-12(18)9-13(19)8-11/h3-10H,1-2H3. The smallest absolute Gasteiger partial charge is 0.162 e. The lowest BCUT2D eigenvalue weighted by atomic mass is 10.1. The molecule has 0 bridgehead atoms. The van der Waals surface area contributed by atoms with Crippen LogP contribution in [0.4, 0.5) is 8.78 Å². The van der Waals surface area contributed by atoms with Gasteiger partial charge in [-0.2, -0.15) is 5.10 Å². The summed E-state index contributed by atoms with van der Waals surface area (Å²) in [5.41, 5.74) is 1.65. The van der Waals surface area contributed by atoms with Crippen LogP contribution in [0.3, 0.4) is 0 Å². The summed E-state index contributed by atoms with van der Waals surface area (Å²) in [4.78, 5) is 0. The predicted octanol–water partition coefficient (Wildman–Crippen LogP) is 3.83. The molecule has 0 unspecified atom stereocenters. The summed E-state index contributed by atoms with van der Waals surface area (Å²) in [6.07, 6.45) is 1.56. The molecule has 0 saturated heterocycles. The van der Waals surface area contributed by atoms with E-state index in [0.29, 0.717) is 28.4 Å². The van der Waals surface area contributed by atoms with Crippen molar-refractivity contribution in [2.75, 3.05) is 14.2 Å². The van der Waals surface area contributed by atoms with Gasteiger partial charge in [-0.15, -0.1) is 0 Å². The number of hydrogen-bond acceptors (Lipinski definition) is 3. The third-order valence-electron chi connectivity index (χ3n) is 3.41. The van der Waals surface area contributed by atoms with E-state index in [2.05, 4.69) is 5.10 Å². The molecule has 1 heterocycles. The van der Waals surface area contributed by atoms with Gasteiger partial charge < -0.3 is 9.47 Å². The summed E-state index contributed by atoms with van der Waals surface area (Å²) < 4.78 is 39.0. The van der Waals surface area contributed by atoms with Crippen LogP contribution in [0.25, 0.3) is 16.9 Å². The first-order valence-electron chi connectivity index (χ1n) is 6.85. The molecule has 0 fully saturated rings. The van der Waals surface area contributed by atoms with Crippen molar-refractivity contribution in [1.29, 1.82) is 0 Å². The first kappa shape index (κ1) is 15.0. The second-order valence-corrected chi connectivity index (χ2v) is 4.83. The molecule has 1 aromatic heterocycles. The van der Waals surface area contributed by atoms with Crippen LogP contribution in [-0.4, -0.2) is 24.0 Å². The zero-order valence-electron chi connectivity index (χ0n) is 12.6. The SMILES string of the molecule is COc1ccc(-n2nccc2-c2cc(F)cc(F)c2)cc1OC. The second kappa shape index (κ2) is 6.08. The fourth-order valence-electron chi connectivity index (χ4n) is 2.39. The highest BCUT2D eigenvalue weighted by molar-refractivity contribution is 5.63. The van der Waals surface area contributed by atoms with Crippen LogP contribution < -0.4 is 9.47 Å². The molecule has 3 rings (SSSR count). The minimum absolute atomic E-state index is 0.398. The molecule has 0 amide bonds. The van der Waals surface area contributed by atoms with E-state index in [1.54, 1.807) is 42.3 Å². The van der Waals surface area contributed by atoms with E-state index in [-0.39, 0.29) is 0 Å². The van der Waals surface area contributed by atoms with Crippen molar-refractivity contribution in [2.24, 2.45) is 0 Å². The van der Waals surface area contributed by atoms with Gasteiger partial charge in [0.25, 0.3) is 0 Å². The lowest BCUT2D eigenvalue weighted by molar-refractivity contribution is 0.355. The third-order valence-corrected chi connectivity index (χ3v) is 3.41. The number of nitrogens with zero attached hydrogens (tertiary/aromatic N) is 2. The molecule has 0 radical (unpaired) electrons. The van der Waals surface area contributed by atoms with Gasteiger partial charge >= 0.3 is 0 Å². The van der Waals surface area contributed by atoms with Crippen LogP contribution >= 0.6 is 0 Å². The van der Waals surface area contributed by atoms with Gasteiger partial charge in [-0.25, -0.2) is 13.5 Å².